The highest BCUT2D eigenvalue weighted by atomic mass is 35.5. The molecule has 2 aliphatic heterocycles. The van der Waals surface area contributed by atoms with Gasteiger partial charge in [0, 0.05) is 24.7 Å². The van der Waals surface area contributed by atoms with Crippen molar-refractivity contribution < 1.29 is 34.0 Å². The standard InChI is InChI=1S/C20H26ClN7O5.CH2O2/c1-20(2,3)18-27-26-16(33-18)13-11(29)12(30)17(32-13)28-8-22-10-14(24-19(21)25-15(10)28)23-9-4-6-31-7-5-9;2-1-3/h8-9,11-13,17,29-30H,4-7H2,1-3H3,(H,23,24,25);1H,(H,2,3)/t11-,12+,13-,17+;/m0./s1. The molecule has 15 heteroatoms. The van der Waals surface area contributed by atoms with Crippen molar-refractivity contribution in [3.63, 3.8) is 0 Å². The van der Waals surface area contributed by atoms with Crippen molar-refractivity contribution in [2.24, 2.45) is 0 Å². The van der Waals surface area contributed by atoms with Crippen LogP contribution in [0.3, 0.4) is 0 Å². The van der Waals surface area contributed by atoms with E-state index >= 15 is 0 Å². The van der Waals surface area contributed by atoms with Crippen molar-refractivity contribution in [2.75, 3.05) is 18.5 Å². The summed E-state index contributed by atoms with van der Waals surface area (Å²) < 4.78 is 18.6. The Morgan fingerprint density at radius 2 is 1.86 bits per heavy atom. The maximum atomic E-state index is 10.8. The Hall–Kier alpha value is -2.91. The Labute approximate surface area is 210 Å². The van der Waals surface area contributed by atoms with E-state index in [1.807, 2.05) is 20.8 Å². The fourth-order valence-corrected chi connectivity index (χ4v) is 4.12. The van der Waals surface area contributed by atoms with Gasteiger partial charge in [-0.15, -0.1) is 10.2 Å². The fraction of sp³-hybridized carbons (Fsp3) is 0.619. The van der Waals surface area contributed by atoms with Crippen molar-refractivity contribution in [1.82, 2.24) is 29.7 Å². The number of aliphatic hydroxyl groups excluding tert-OH is 2. The third-order valence-electron chi connectivity index (χ3n) is 5.79. The summed E-state index contributed by atoms with van der Waals surface area (Å²) in [6, 6.07) is 0.173. The summed E-state index contributed by atoms with van der Waals surface area (Å²) in [4.78, 5) is 21.4. The average Bonchev–Trinajstić information content (AvgIpc) is 3.54. The van der Waals surface area contributed by atoms with Gasteiger partial charge in [0.2, 0.25) is 17.1 Å². The number of nitrogens with one attached hydrogen (secondary N) is 1. The fourth-order valence-electron chi connectivity index (χ4n) is 3.96. The molecule has 0 amide bonds. The second kappa shape index (κ2) is 10.6. The summed E-state index contributed by atoms with van der Waals surface area (Å²) in [5, 5.41) is 39.8. The van der Waals surface area contributed by atoms with E-state index in [-0.39, 0.29) is 29.1 Å². The Kier molecular flexibility index (Phi) is 7.70. The van der Waals surface area contributed by atoms with Gasteiger partial charge in [-0.2, -0.15) is 9.97 Å². The molecule has 3 aromatic rings. The van der Waals surface area contributed by atoms with Crippen LogP contribution in [0.2, 0.25) is 5.28 Å². The topological polar surface area (TPSA) is 191 Å². The Morgan fingerprint density at radius 3 is 2.50 bits per heavy atom. The number of carboxylic acid groups (broad SMARTS) is 1. The largest absolute Gasteiger partial charge is 0.483 e. The number of aliphatic hydroxyl groups is 2. The van der Waals surface area contributed by atoms with E-state index in [4.69, 9.17) is 35.4 Å². The van der Waals surface area contributed by atoms with Crippen molar-refractivity contribution in [3.05, 3.63) is 23.4 Å². The first-order valence-corrected chi connectivity index (χ1v) is 11.7. The van der Waals surface area contributed by atoms with E-state index < -0.39 is 24.5 Å². The van der Waals surface area contributed by atoms with Crippen molar-refractivity contribution in [3.8, 4) is 0 Å². The molecule has 4 N–H and O–H groups in total. The molecule has 0 radical (unpaired) electrons. The van der Waals surface area contributed by atoms with Crippen LogP contribution in [-0.4, -0.2) is 83.0 Å². The number of aromatic nitrogens is 6. The lowest BCUT2D eigenvalue weighted by molar-refractivity contribution is -0.122. The zero-order valence-electron chi connectivity index (χ0n) is 19.9. The SMILES string of the molecule is CC(C)(C)c1nnc([C@H]2O[C@@H](n3cnc4c(NC5CCOCC5)nc(Cl)nc43)[C@H](O)[C@@H]2O)o1.O=CO. The molecule has 0 aliphatic carbocycles. The van der Waals surface area contributed by atoms with E-state index in [1.165, 1.54) is 10.9 Å². The Morgan fingerprint density at radius 1 is 1.17 bits per heavy atom. The third kappa shape index (κ3) is 5.27. The molecule has 36 heavy (non-hydrogen) atoms. The number of hydrogen-bond acceptors (Lipinski definition) is 12. The van der Waals surface area contributed by atoms with E-state index in [0.29, 0.717) is 36.1 Å². The summed E-state index contributed by atoms with van der Waals surface area (Å²) in [6.07, 6.45) is -1.45. The van der Waals surface area contributed by atoms with Crippen LogP contribution in [0.1, 0.15) is 57.7 Å². The van der Waals surface area contributed by atoms with Crippen LogP contribution in [0.15, 0.2) is 10.7 Å². The average molecular weight is 526 g/mol. The van der Waals surface area contributed by atoms with Crippen molar-refractivity contribution in [1.29, 1.82) is 0 Å². The number of ether oxygens (including phenoxy) is 2. The molecule has 5 rings (SSSR count). The summed E-state index contributed by atoms with van der Waals surface area (Å²) >= 11 is 6.20. The molecule has 0 bridgehead atoms. The first kappa shape index (κ1) is 26.2. The minimum Gasteiger partial charge on any atom is -0.483 e. The monoisotopic (exact) mass is 525 g/mol. The normalized spacial score (nSPS) is 24.9. The van der Waals surface area contributed by atoms with Crippen LogP contribution < -0.4 is 5.32 Å². The van der Waals surface area contributed by atoms with Crippen LogP contribution >= 0.6 is 11.6 Å². The van der Waals surface area contributed by atoms with Crippen LogP contribution in [0.5, 0.6) is 0 Å². The summed E-state index contributed by atoms with van der Waals surface area (Å²) in [5.41, 5.74) is 0.476. The number of rotatable bonds is 4. The Balaban J connectivity index is 0.000000967. The van der Waals surface area contributed by atoms with E-state index in [2.05, 4.69) is 30.5 Å². The second-order valence-electron chi connectivity index (χ2n) is 9.43. The predicted octanol–water partition coefficient (Wildman–Crippen LogP) is 1.44. The predicted molar refractivity (Wildman–Crippen MR) is 124 cm³/mol. The highest BCUT2D eigenvalue weighted by Crippen LogP contribution is 2.40. The number of nitrogens with zero attached hydrogens (tertiary/aromatic N) is 6. The number of halogens is 1. The molecular formula is C21H28ClN7O7. The van der Waals surface area contributed by atoms with Crippen molar-refractivity contribution >= 4 is 35.1 Å². The molecule has 2 aliphatic rings. The lowest BCUT2D eigenvalue weighted by Gasteiger charge is -2.23. The lowest BCUT2D eigenvalue weighted by Crippen LogP contribution is -2.29. The molecule has 14 nitrogen and oxygen atoms in total. The molecule has 0 saturated carbocycles. The molecule has 2 fully saturated rings. The molecule has 4 atom stereocenters. The van der Waals surface area contributed by atoms with Crippen LogP contribution in [-0.2, 0) is 19.7 Å². The van der Waals surface area contributed by atoms with Gasteiger partial charge < -0.3 is 34.5 Å². The van der Waals surface area contributed by atoms with Gasteiger partial charge in [-0.25, -0.2) is 4.98 Å². The van der Waals surface area contributed by atoms with E-state index in [0.717, 1.165) is 12.8 Å². The first-order valence-electron chi connectivity index (χ1n) is 11.3. The van der Waals surface area contributed by atoms with Crippen LogP contribution in [0.4, 0.5) is 5.82 Å². The molecule has 5 heterocycles. The molecule has 0 spiro atoms. The van der Waals surface area contributed by atoms with Gasteiger partial charge in [0.1, 0.15) is 12.2 Å². The zero-order chi connectivity index (χ0) is 26.0. The smallest absolute Gasteiger partial charge is 0.290 e. The van der Waals surface area contributed by atoms with Gasteiger partial charge in [0.25, 0.3) is 6.47 Å². The van der Waals surface area contributed by atoms with Crippen LogP contribution in [0, 0.1) is 0 Å². The number of hydrogen-bond donors (Lipinski definition) is 4. The quantitative estimate of drug-likeness (QED) is 0.283. The second-order valence-corrected chi connectivity index (χ2v) is 9.76. The number of anilines is 1. The maximum absolute atomic E-state index is 10.8. The molecule has 2 saturated heterocycles. The maximum Gasteiger partial charge on any atom is 0.290 e. The van der Waals surface area contributed by atoms with Crippen molar-refractivity contribution in [2.45, 2.75) is 69.6 Å². The summed E-state index contributed by atoms with van der Waals surface area (Å²) in [6.45, 7) is 6.88. The number of carbonyl (C=O) groups is 1. The van der Waals surface area contributed by atoms with Gasteiger partial charge in [0.15, 0.2) is 29.3 Å². The lowest BCUT2D eigenvalue weighted by atomic mass is 9.97. The molecular weight excluding hydrogens is 498 g/mol. The number of imidazole rings is 1. The molecule has 196 valence electrons. The van der Waals surface area contributed by atoms with Gasteiger partial charge in [-0.3, -0.25) is 9.36 Å². The summed E-state index contributed by atoms with van der Waals surface area (Å²) in [7, 11) is 0. The first-order chi connectivity index (χ1) is 17.1. The van der Waals surface area contributed by atoms with E-state index in [1.54, 1.807) is 0 Å². The number of fused-ring (bicyclic) bond motifs is 1. The minimum atomic E-state index is -1.29. The van der Waals surface area contributed by atoms with Gasteiger partial charge >= 0.3 is 0 Å². The van der Waals surface area contributed by atoms with Gasteiger partial charge in [-0.1, -0.05) is 20.8 Å². The molecule has 3 aromatic heterocycles. The summed E-state index contributed by atoms with van der Waals surface area (Å²) in [5.74, 6) is 0.988. The van der Waals surface area contributed by atoms with E-state index in [9.17, 15) is 10.2 Å². The van der Waals surface area contributed by atoms with Gasteiger partial charge in [-0.05, 0) is 24.4 Å². The minimum absolute atomic E-state index is 0.0233. The highest BCUT2D eigenvalue weighted by molar-refractivity contribution is 6.28. The molecule has 0 aromatic carbocycles. The highest BCUT2D eigenvalue weighted by Gasteiger charge is 2.48. The molecule has 0 unspecified atom stereocenters. The van der Waals surface area contributed by atoms with Crippen LogP contribution in [0.25, 0.3) is 11.2 Å². The van der Waals surface area contributed by atoms with Gasteiger partial charge in [0.05, 0.1) is 6.33 Å². The Bertz CT molecular complexity index is 1190. The zero-order valence-corrected chi connectivity index (χ0v) is 20.7. The third-order valence-corrected chi connectivity index (χ3v) is 5.96.